The SMILES string of the molecule is C=S(N)(=O)c1ccc2nc(NCC(C)CNc3ncc(OC(F)F)cn3)sc2c1. The van der Waals surface area contributed by atoms with Crippen molar-refractivity contribution in [3.63, 3.8) is 0 Å². The number of nitrogens with zero attached hydrogens (tertiary/aromatic N) is 3. The smallest absolute Gasteiger partial charge is 0.387 e. The summed E-state index contributed by atoms with van der Waals surface area (Å²) >= 11 is 1.44. The lowest BCUT2D eigenvalue weighted by Gasteiger charge is -2.13. The van der Waals surface area contributed by atoms with E-state index in [4.69, 9.17) is 5.14 Å². The molecule has 0 fully saturated rings. The number of nitrogens with two attached hydrogens (primary N) is 1. The Hall–Kier alpha value is -2.57. The molecule has 3 aromatic rings. The average Bonchev–Trinajstić information content (AvgIpc) is 3.07. The Morgan fingerprint density at radius 2 is 1.97 bits per heavy atom. The Morgan fingerprint density at radius 3 is 2.62 bits per heavy atom. The number of hydrogen-bond donors (Lipinski definition) is 3. The van der Waals surface area contributed by atoms with Crippen LogP contribution in [0.2, 0.25) is 0 Å². The lowest BCUT2D eigenvalue weighted by atomic mass is 10.2. The molecule has 4 N–H and O–H groups in total. The molecule has 2 unspecified atom stereocenters. The molecule has 0 amide bonds. The van der Waals surface area contributed by atoms with Crippen molar-refractivity contribution in [3.8, 4) is 5.75 Å². The van der Waals surface area contributed by atoms with Gasteiger partial charge in [-0.15, -0.1) is 0 Å². The Labute approximate surface area is 170 Å². The normalized spacial score (nSPS) is 14.5. The van der Waals surface area contributed by atoms with Crippen LogP contribution in [0.25, 0.3) is 10.2 Å². The number of thiazole rings is 1. The predicted molar refractivity (Wildman–Crippen MR) is 112 cm³/mol. The van der Waals surface area contributed by atoms with E-state index in [1.165, 1.54) is 23.7 Å². The fraction of sp³-hybridized carbons (Fsp3) is 0.294. The third-order valence-electron chi connectivity index (χ3n) is 3.82. The van der Waals surface area contributed by atoms with Crippen molar-refractivity contribution in [2.75, 3.05) is 23.7 Å². The first-order valence-corrected chi connectivity index (χ1v) is 11.1. The van der Waals surface area contributed by atoms with E-state index >= 15 is 0 Å². The van der Waals surface area contributed by atoms with E-state index in [9.17, 15) is 13.0 Å². The summed E-state index contributed by atoms with van der Waals surface area (Å²) in [6.07, 6.45) is 2.37. The molecule has 3 rings (SSSR count). The first-order valence-electron chi connectivity index (χ1n) is 8.51. The molecule has 1 aromatic carbocycles. The van der Waals surface area contributed by atoms with E-state index in [2.05, 4.69) is 36.2 Å². The van der Waals surface area contributed by atoms with Gasteiger partial charge in [-0.25, -0.2) is 19.2 Å². The van der Waals surface area contributed by atoms with Crippen molar-refractivity contribution >= 4 is 48.2 Å². The topological polar surface area (TPSA) is 115 Å². The van der Waals surface area contributed by atoms with E-state index in [0.29, 0.717) is 23.9 Å². The molecule has 0 aliphatic carbocycles. The second-order valence-corrected chi connectivity index (χ2v) is 9.32. The van der Waals surface area contributed by atoms with Gasteiger partial charge in [-0.05, 0) is 30.0 Å². The van der Waals surface area contributed by atoms with Gasteiger partial charge in [0.2, 0.25) is 5.95 Å². The van der Waals surface area contributed by atoms with Crippen LogP contribution in [0, 0.1) is 5.92 Å². The van der Waals surface area contributed by atoms with Crippen molar-refractivity contribution in [2.45, 2.75) is 18.4 Å². The second kappa shape index (κ2) is 8.84. The highest BCUT2D eigenvalue weighted by atomic mass is 32.2. The lowest BCUT2D eigenvalue weighted by Crippen LogP contribution is -2.20. The predicted octanol–water partition coefficient (Wildman–Crippen LogP) is 2.80. The average molecular weight is 443 g/mol. The van der Waals surface area contributed by atoms with Crippen LogP contribution in [0.15, 0.2) is 35.5 Å². The molecule has 2 atom stereocenters. The second-order valence-electron chi connectivity index (χ2n) is 6.36. The minimum atomic E-state index is -2.91. The van der Waals surface area contributed by atoms with Crippen LogP contribution in [0.1, 0.15) is 6.92 Å². The molecular weight excluding hydrogens is 422 g/mol. The van der Waals surface area contributed by atoms with Gasteiger partial charge < -0.3 is 15.4 Å². The van der Waals surface area contributed by atoms with Gasteiger partial charge in [0, 0.05) is 18.0 Å². The molecule has 0 spiro atoms. The monoisotopic (exact) mass is 442 g/mol. The summed E-state index contributed by atoms with van der Waals surface area (Å²) in [6.45, 7) is 0.311. The highest BCUT2D eigenvalue weighted by Gasteiger charge is 2.10. The van der Waals surface area contributed by atoms with E-state index in [-0.39, 0.29) is 11.7 Å². The van der Waals surface area contributed by atoms with Crippen LogP contribution in [0.5, 0.6) is 5.75 Å². The molecule has 0 saturated heterocycles. The van der Waals surface area contributed by atoms with Crippen molar-refractivity contribution in [1.82, 2.24) is 15.0 Å². The Morgan fingerprint density at radius 1 is 1.28 bits per heavy atom. The summed E-state index contributed by atoms with van der Waals surface area (Å²) in [7, 11) is -2.76. The molecule has 2 aromatic heterocycles. The van der Waals surface area contributed by atoms with Gasteiger partial charge in [0.1, 0.15) is 0 Å². The molecule has 8 nitrogen and oxygen atoms in total. The molecule has 156 valence electrons. The third-order valence-corrected chi connectivity index (χ3v) is 5.85. The first-order chi connectivity index (χ1) is 13.7. The maximum Gasteiger partial charge on any atom is 0.387 e. The van der Waals surface area contributed by atoms with Gasteiger partial charge in [-0.2, -0.15) is 8.78 Å². The quantitative estimate of drug-likeness (QED) is 0.437. The van der Waals surface area contributed by atoms with Gasteiger partial charge >= 0.3 is 6.61 Å². The zero-order valence-electron chi connectivity index (χ0n) is 15.5. The maximum absolute atomic E-state index is 12.1. The minimum absolute atomic E-state index is 0.0939. The number of anilines is 2. The van der Waals surface area contributed by atoms with Gasteiger partial charge in [0.05, 0.1) is 32.3 Å². The number of nitrogens with one attached hydrogen (secondary N) is 2. The fourth-order valence-corrected chi connectivity index (χ4v) is 3.97. The van der Waals surface area contributed by atoms with Gasteiger partial charge in [0.15, 0.2) is 10.9 Å². The fourth-order valence-electron chi connectivity index (χ4n) is 2.37. The molecule has 2 heterocycles. The van der Waals surface area contributed by atoms with Crippen molar-refractivity contribution < 1.29 is 17.7 Å². The van der Waals surface area contributed by atoms with E-state index in [1.807, 2.05) is 6.92 Å². The summed E-state index contributed by atoms with van der Waals surface area (Å²) in [4.78, 5) is 12.8. The molecule has 29 heavy (non-hydrogen) atoms. The molecule has 12 heteroatoms. The van der Waals surface area contributed by atoms with Crippen LogP contribution in [-0.2, 0) is 9.71 Å². The van der Waals surface area contributed by atoms with E-state index in [1.54, 1.807) is 18.2 Å². The number of aromatic nitrogens is 3. The van der Waals surface area contributed by atoms with Gasteiger partial charge in [-0.3, -0.25) is 5.14 Å². The molecule has 0 aliphatic heterocycles. The highest BCUT2D eigenvalue weighted by molar-refractivity contribution is 7.98. The molecule has 0 bridgehead atoms. The van der Waals surface area contributed by atoms with Crippen molar-refractivity contribution in [2.24, 2.45) is 11.1 Å². The highest BCUT2D eigenvalue weighted by Crippen LogP contribution is 2.28. The maximum atomic E-state index is 12.1. The largest absolute Gasteiger partial charge is 0.432 e. The Bertz CT molecular complexity index is 1070. The number of halogens is 2. The van der Waals surface area contributed by atoms with E-state index < -0.39 is 16.3 Å². The first kappa shape index (κ1) is 21.1. The van der Waals surface area contributed by atoms with Crippen LogP contribution < -0.4 is 20.5 Å². The minimum Gasteiger partial charge on any atom is -0.432 e. The summed E-state index contributed by atoms with van der Waals surface area (Å²) in [6, 6.07) is 5.19. The van der Waals surface area contributed by atoms with Crippen LogP contribution in [0.3, 0.4) is 0 Å². The standard InChI is InChI=1S/C17H20F2N6O2S2/c1-10(6-21-16-22-8-11(9-23-16)27-15(18)19)7-24-17-25-13-4-3-12(29(2,20)26)5-14(13)28-17/h3-5,8-10,15H,2,6-7H2,1H3,(H2,20,26)(H,24,25)(H,21,22,23). The summed E-state index contributed by atoms with van der Waals surface area (Å²) < 4.78 is 41.2. The third kappa shape index (κ3) is 5.95. The lowest BCUT2D eigenvalue weighted by molar-refractivity contribution is -0.0503. The molecule has 0 radical (unpaired) electrons. The van der Waals surface area contributed by atoms with Crippen LogP contribution in [0.4, 0.5) is 19.9 Å². The number of alkyl halides is 2. The van der Waals surface area contributed by atoms with E-state index in [0.717, 1.165) is 15.3 Å². The van der Waals surface area contributed by atoms with Crippen molar-refractivity contribution in [1.29, 1.82) is 0 Å². The number of ether oxygens (including phenoxy) is 1. The molecule has 0 aliphatic rings. The zero-order valence-corrected chi connectivity index (χ0v) is 17.1. The van der Waals surface area contributed by atoms with Crippen molar-refractivity contribution in [3.05, 3.63) is 30.6 Å². The summed E-state index contributed by atoms with van der Waals surface area (Å²) in [5.74, 6) is 3.92. The number of hydrogen-bond acceptors (Lipinski definition) is 8. The zero-order chi connectivity index (χ0) is 21.0. The molecular formula is C17H20F2N6O2S2. The summed E-state index contributed by atoms with van der Waals surface area (Å²) in [5.41, 5.74) is 0.787. The number of rotatable bonds is 9. The Balaban J connectivity index is 1.52. The summed E-state index contributed by atoms with van der Waals surface area (Å²) in [5, 5.41) is 12.6. The number of benzene rings is 1. The van der Waals surface area contributed by atoms with Crippen LogP contribution >= 0.6 is 11.3 Å². The number of fused-ring (bicyclic) bond motifs is 1. The molecule has 0 saturated carbocycles. The van der Waals surface area contributed by atoms with Crippen LogP contribution in [-0.4, -0.2) is 44.7 Å². The Kier molecular flexibility index (Phi) is 6.45. The van der Waals surface area contributed by atoms with Gasteiger partial charge in [0.25, 0.3) is 0 Å². The van der Waals surface area contributed by atoms with Gasteiger partial charge in [-0.1, -0.05) is 18.3 Å².